The van der Waals surface area contributed by atoms with E-state index in [1.807, 2.05) is 0 Å². The summed E-state index contributed by atoms with van der Waals surface area (Å²) in [4.78, 5) is 30.8. The molecule has 0 fully saturated rings. The van der Waals surface area contributed by atoms with Crippen LogP contribution in [0, 0.1) is 0 Å². The Morgan fingerprint density at radius 1 is 1.12 bits per heavy atom. The van der Waals surface area contributed by atoms with Crippen LogP contribution in [0.25, 0.3) is 0 Å². The van der Waals surface area contributed by atoms with Crippen molar-refractivity contribution in [1.29, 1.82) is 0 Å². The number of aliphatic carboxylic acids is 1. The number of carboxylic acids is 1. The molecule has 0 atom stereocenters. The van der Waals surface area contributed by atoms with E-state index >= 15 is 0 Å². The van der Waals surface area contributed by atoms with Crippen molar-refractivity contribution in [3.8, 4) is 0 Å². The zero-order chi connectivity index (χ0) is 19.0. The van der Waals surface area contributed by atoms with E-state index < -0.39 is 5.97 Å². The highest BCUT2D eigenvalue weighted by Gasteiger charge is 1.99. The predicted octanol–water partition coefficient (Wildman–Crippen LogP) is 1.15. The highest BCUT2D eigenvalue weighted by molar-refractivity contribution is 5.81. The zero-order valence-electron chi connectivity index (χ0n) is 13.6. The summed E-state index contributed by atoms with van der Waals surface area (Å²) < 4.78 is 4.43. The van der Waals surface area contributed by atoms with Crippen LogP contribution in [0.4, 0.5) is 11.9 Å². The van der Waals surface area contributed by atoms with Gasteiger partial charge in [0.2, 0.25) is 11.9 Å². The molecule has 0 aromatic carbocycles. The maximum absolute atomic E-state index is 10.1. The molecule has 0 radical (unpaired) electrons. The van der Waals surface area contributed by atoms with Gasteiger partial charge in [-0.1, -0.05) is 19.2 Å². The van der Waals surface area contributed by atoms with Crippen molar-refractivity contribution in [1.82, 2.24) is 15.0 Å². The Hall–Kier alpha value is -3.23. The Kier molecular flexibility index (Phi) is 14.1. The smallest absolute Gasteiger partial charge is 0.330 e. The van der Waals surface area contributed by atoms with Gasteiger partial charge in [-0.15, -0.1) is 6.58 Å². The molecule has 0 spiro atoms. The van der Waals surface area contributed by atoms with Crippen molar-refractivity contribution in [2.75, 3.05) is 18.1 Å². The van der Waals surface area contributed by atoms with E-state index in [1.165, 1.54) is 0 Å². The quantitative estimate of drug-likeness (QED) is 0.393. The van der Waals surface area contributed by atoms with Crippen molar-refractivity contribution >= 4 is 23.8 Å². The van der Waals surface area contributed by atoms with Crippen molar-refractivity contribution in [2.45, 2.75) is 19.8 Å². The van der Waals surface area contributed by atoms with Crippen LogP contribution in [0.3, 0.4) is 0 Å². The number of carbonyl (C=O) groups excluding carboxylic acids is 1. The van der Waals surface area contributed by atoms with Crippen LogP contribution >= 0.6 is 0 Å². The number of anilines is 2. The lowest BCUT2D eigenvalue weighted by molar-refractivity contribution is -0.137. The fourth-order valence-corrected chi connectivity index (χ4v) is 1.00. The van der Waals surface area contributed by atoms with E-state index in [9.17, 15) is 9.59 Å². The second-order valence-corrected chi connectivity index (χ2v) is 3.79. The number of carboxylic acid groups (broad SMARTS) is 1. The van der Waals surface area contributed by atoms with Crippen LogP contribution in [0.15, 0.2) is 38.0 Å². The van der Waals surface area contributed by atoms with Crippen LogP contribution in [0.1, 0.15) is 19.2 Å². The van der Waals surface area contributed by atoms with Crippen molar-refractivity contribution in [2.24, 2.45) is 0 Å². The Morgan fingerprint density at radius 3 is 1.92 bits per heavy atom. The van der Waals surface area contributed by atoms with Crippen LogP contribution in [-0.2, 0) is 20.7 Å². The van der Waals surface area contributed by atoms with E-state index in [1.54, 1.807) is 13.0 Å². The van der Waals surface area contributed by atoms with Gasteiger partial charge in [-0.3, -0.25) is 0 Å². The molecule has 1 rings (SSSR count). The molecule has 9 nitrogen and oxygen atoms in total. The Balaban J connectivity index is 0. The third-order valence-corrected chi connectivity index (χ3v) is 1.92. The fraction of sp³-hybridized carbons (Fsp3) is 0.267. The van der Waals surface area contributed by atoms with Crippen LogP contribution < -0.4 is 11.5 Å². The average molecular weight is 337 g/mol. The van der Waals surface area contributed by atoms with Gasteiger partial charge in [0.25, 0.3) is 0 Å². The van der Waals surface area contributed by atoms with Crippen LogP contribution in [0.2, 0.25) is 0 Å². The largest absolute Gasteiger partial charge is 0.478 e. The molecule has 0 saturated carbocycles. The Morgan fingerprint density at radius 2 is 1.62 bits per heavy atom. The topological polar surface area (TPSA) is 154 Å². The number of nitrogens with zero attached hydrogens (tertiary/aromatic N) is 3. The summed E-state index contributed by atoms with van der Waals surface area (Å²) in [6, 6.07) is 0. The summed E-state index contributed by atoms with van der Waals surface area (Å²) in [5.74, 6) is -0.393. The van der Waals surface area contributed by atoms with Gasteiger partial charge in [0.1, 0.15) is 5.82 Å². The van der Waals surface area contributed by atoms with Crippen LogP contribution in [-0.4, -0.2) is 38.6 Å². The zero-order valence-corrected chi connectivity index (χ0v) is 13.6. The second kappa shape index (κ2) is 14.7. The summed E-state index contributed by atoms with van der Waals surface area (Å²) in [7, 11) is 0. The van der Waals surface area contributed by atoms with Crippen LogP contribution in [0.5, 0.6) is 0 Å². The Bertz CT molecular complexity index is 541. The first-order chi connectivity index (χ1) is 11.3. The molecule has 0 saturated heterocycles. The SMILES string of the molecule is C=CC(=O)O.C=CC(=O)OCC.C=CCCc1nc(N)nc(N)n1. The number of rotatable bonds is 6. The molecule has 1 heterocycles. The van der Waals surface area contributed by atoms with Gasteiger partial charge >= 0.3 is 11.9 Å². The van der Waals surface area contributed by atoms with Gasteiger partial charge in [0, 0.05) is 18.6 Å². The Labute approximate surface area is 140 Å². The van der Waals surface area contributed by atoms with Crippen molar-refractivity contribution in [3.63, 3.8) is 0 Å². The maximum atomic E-state index is 10.1. The first-order valence-electron chi connectivity index (χ1n) is 6.81. The van der Waals surface area contributed by atoms with Gasteiger partial charge in [-0.25, -0.2) is 9.59 Å². The summed E-state index contributed by atoms with van der Waals surface area (Å²) in [5, 5.41) is 7.60. The fourth-order valence-electron chi connectivity index (χ4n) is 1.00. The molecule has 1 aromatic heterocycles. The molecule has 24 heavy (non-hydrogen) atoms. The lowest BCUT2D eigenvalue weighted by Crippen LogP contribution is -2.06. The van der Waals surface area contributed by atoms with Gasteiger partial charge in [0.05, 0.1) is 6.61 Å². The van der Waals surface area contributed by atoms with Crippen molar-refractivity contribution < 1.29 is 19.4 Å². The lowest BCUT2D eigenvalue weighted by Gasteiger charge is -1.98. The van der Waals surface area contributed by atoms with Gasteiger partial charge in [-0.2, -0.15) is 15.0 Å². The number of nitrogens with two attached hydrogens (primary N) is 2. The second-order valence-electron chi connectivity index (χ2n) is 3.79. The van der Waals surface area contributed by atoms with Gasteiger partial charge in [-0.05, 0) is 13.3 Å². The number of aryl methyl sites for hydroxylation is 1. The number of hydrogen-bond donors (Lipinski definition) is 3. The minimum absolute atomic E-state index is 0.168. The molecule has 1 aromatic rings. The molecule has 5 N–H and O–H groups in total. The summed E-state index contributed by atoms with van der Waals surface area (Å²) in [5.41, 5.74) is 10.7. The standard InChI is InChI=1S/C7H11N5.C5H8O2.C3H4O2/c1-2-3-4-5-10-6(8)12-7(9)11-5;1-3-5(6)7-4-2;1-2-3(4)5/h2H,1,3-4H2,(H4,8,9,10,11,12);3H,1,4H2,2H3;2H,1H2,(H,4,5). The summed E-state index contributed by atoms with van der Waals surface area (Å²) in [6.45, 7) is 11.9. The van der Waals surface area contributed by atoms with Gasteiger partial charge in [0.15, 0.2) is 0 Å². The molecule has 0 aliphatic heterocycles. The number of nitrogen functional groups attached to an aromatic ring is 2. The van der Waals surface area contributed by atoms with E-state index in [0.717, 1.165) is 18.6 Å². The molecule has 132 valence electrons. The van der Waals surface area contributed by atoms with E-state index in [4.69, 9.17) is 16.6 Å². The number of esters is 1. The third kappa shape index (κ3) is 15.2. The molecule has 0 bridgehead atoms. The maximum Gasteiger partial charge on any atom is 0.330 e. The normalized spacial score (nSPS) is 8.38. The molecule has 0 amide bonds. The molecule has 0 unspecified atom stereocenters. The average Bonchev–Trinajstić information content (AvgIpc) is 2.53. The third-order valence-electron chi connectivity index (χ3n) is 1.92. The highest BCUT2D eigenvalue weighted by Crippen LogP contribution is 2.01. The molecule has 0 aliphatic rings. The molecule has 9 heteroatoms. The molecular weight excluding hydrogens is 314 g/mol. The minimum atomic E-state index is -0.981. The molecular formula is C15H23N5O4. The number of allylic oxidation sites excluding steroid dienone is 1. The van der Waals surface area contributed by atoms with E-state index in [2.05, 4.69) is 39.4 Å². The first kappa shape index (κ1) is 23.0. The summed E-state index contributed by atoms with van der Waals surface area (Å²) in [6.07, 6.45) is 5.27. The lowest BCUT2D eigenvalue weighted by atomic mass is 10.3. The van der Waals surface area contributed by atoms with Gasteiger partial charge < -0.3 is 21.3 Å². The monoisotopic (exact) mass is 337 g/mol. The molecule has 0 aliphatic carbocycles. The predicted molar refractivity (Wildman–Crippen MR) is 91.8 cm³/mol. The number of hydrogen-bond acceptors (Lipinski definition) is 8. The number of carbonyl (C=O) groups is 2. The van der Waals surface area contributed by atoms with E-state index in [-0.39, 0.29) is 17.9 Å². The van der Waals surface area contributed by atoms with E-state index in [0.29, 0.717) is 18.9 Å². The number of ether oxygens (including phenoxy) is 1. The minimum Gasteiger partial charge on any atom is -0.478 e. The number of aromatic nitrogens is 3. The first-order valence-corrected chi connectivity index (χ1v) is 6.81. The highest BCUT2D eigenvalue weighted by atomic mass is 16.5. The summed E-state index contributed by atoms with van der Waals surface area (Å²) >= 11 is 0. The van der Waals surface area contributed by atoms with Crippen molar-refractivity contribution in [3.05, 3.63) is 43.8 Å².